The molecule has 1 aromatic heterocycles. The maximum absolute atomic E-state index is 12.9. The van der Waals surface area contributed by atoms with E-state index < -0.39 is 16.9 Å². The second-order valence-electron chi connectivity index (χ2n) is 6.37. The van der Waals surface area contributed by atoms with E-state index in [0.29, 0.717) is 36.2 Å². The number of aromatic nitrogens is 2. The number of anilines is 1. The number of carbonyl (C=O) groups is 1. The molecule has 0 spiro atoms. The zero-order chi connectivity index (χ0) is 20.6. The minimum Gasteiger partial charge on any atom is -0.368 e. The standard InChI is InChI=1S/C17H16Cl3F3N4O/c1-10-15(20)16(17(21,22)23)24-27(10)9-14(28)26-6-4-25(5-7-26)11-2-3-12(18)13(19)8-11/h2-3,8H,4-7,9H2,1H3. The van der Waals surface area contributed by atoms with Crippen LogP contribution in [0.1, 0.15) is 11.4 Å². The summed E-state index contributed by atoms with van der Waals surface area (Å²) >= 11 is 17.7. The fourth-order valence-corrected chi connectivity index (χ4v) is 3.52. The van der Waals surface area contributed by atoms with Gasteiger partial charge in [0.1, 0.15) is 6.54 Å². The first-order valence-corrected chi connectivity index (χ1v) is 9.49. The summed E-state index contributed by atoms with van der Waals surface area (Å²) in [5, 5.41) is 3.90. The maximum Gasteiger partial charge on any atom is 0.436 e. The molecule has 2 aromatic rings. The van der Waals surface area contributed by atoms with E-state index in [1.165, 1.54) is 6.92 Å². The molecule has 1 aromatic carbocycles. The Bertz CT molecular complexity index is 893. The van der Waals surface area contributed by atoms with Crippen LogP contribution in [-0.2, 0) is 17.5 Å². The summed E-state index contributed by atoms with van der Waals surface area (Å²) < 4.78 is 39.7. The Labute approximate surface area is 174 Å². The van der Waals surface area contributed by atoms with E-state index in [0.717, 1.165) is 10.4 Å². The third-order valence-corrected chi connectivity index (χ3v) is 5.78. The molecule has 5 nitrogen and oxygen atoms in total. The van der Waals surface area contributed by atoms with Crippen molar-refractivity contribution in [1.29, 1.82) is 0 Å². The summed E-state index contributed by atoms with van der Waals surface area (Å²) in [5.41, 5.74) is -0.174. The molecule has 152 valence electrons. The molecule has 28 heavy (non-hydrogen) atoms. The molecule has 0 unspecified atom stereocenters. The number of rotatable bonds is 3. The van der Waals surface area contributed by atoms with Gasteiger partial charge < -0.3 is 9.80 Å². The first-order valence-electron chi connectivity index (χ1n) is 8.36. The second kappa shape index (κ2) is 8.00. The van der Waals surface area contributed by atoms with Gasteiger partial charge in [0.25, 0.3) is 0 Å². The smallest absolute Gasteiger partial charge is 0.368 e. The Kier molecular flexibility index (Phi) is 6.03. The van der Waals surface area contributed by atoms with Crippen LogP contribution in [0, 0.1) is 6.92 Å². The summed E-state index contributed by atoms with van der Waals surface area (Å²) in [5.74, 6) is -0.315. The van der Waals surface area contributed by atoms with Crippen LogP contribution in [0.2, 0.25) is 15.1 Å². The Morgan fingerprint density at radius 1 is 1.11 bits per heavy atom. The number of carbonyl (C=O) groups excluding carboxylic acids is 1. The Hall–Kier alpha value is -1.64. The van der Waals surface area contributed by atoms with Crippen LogP contribution in [0.5, 0.6) is 0 Å². The van der Waals surface area contributed by atoms with Gasteiger partial charge in [-0.05, 0) is 25.1 Å². The number of hydrogen-bond donors (Lipinski definition) is 0. The third-order valence-electron chi connectivity index (χ3n) is 4.59. The highest BCUT2D eigenvalue weighted by Crippen LogP contribution is 2.35. The molecular formula is C17H16Cl3F3N4O. The summed E-state index contributed by atoms with van der Waals surface area (Å²) in [7, 11) is 0. The Balaban J connectivity index is 1.64. The van der Waals surface area contributed by atoms with Gasteiger partial charge in [0, 0.05) is 31.9 Å². The van der Waals surface area contributed by atoms with Crippen molar-refractivity contribution in [3.63, 3.8) is 0 Å². The van der Waals surface area contributed by atoms with Gasteiger partial charge >= 0.3 is 6.18 Å². The fourth-order valence-electron chi connectivity index (χ4n) is 2.98. The molecule has 0 N–H and O–H groups in total. The molecule has 1 saturated heterocycles. The largest absolute Gasteiger partial charge is 0.436 e. The summed E-state index contributed by atoms with van der Waals surface area (Å²) in [4.78, 5) is 16.2. The molecule has 11 heteroatoms. The SMILES string of the molecule is Cc1c(Cl)c(C(F)(F)F)nn1CC(=O)N1CCN(c2ccc(Cl)c(Cl)c2)CC1. The van der Waals surface area contributed by atoms with E-state index in [-0.39, 0.29) is 18.1 Å². The average molecular weight is 456 g/mol. The number of nitrogens with zero attached hydrogens (tertiary/aromatic N) is 4. The summed E-state index contributed by atoms with van der Waals surface area (Å²) in [6, 6.07) is 5.31. The van der Waals surface area contributed by atoms with Crippen LogP contribution in [0.25, 0.3) is 0 Å². The predicted molar refractivity (Wildman–Crippen MR) is 102 cm³/mol. The lowest BCUT2D eigenvalue weighted by molar-refractivity contribution is -0.142. The molecule has 2 heterocycles. The van der Waals surface area contributed by atoms with Crippen LogP contribution in [0.15, 0.2) is 18.2 Å². The van der Waals surface area contributed by atoms with Gasteiger partial charge in [-0.3, -0.25) is 9.48 Å². The van der Waals surface area contributed by atoms with Gasteiger partial charge in [-0.2, -0.15) is 18.3 Å². The number of hydrogen-bond acceptors (Lipinski definition) is 3. The van der Waals surface area contributed by atoms with Gasteiger partial charge in [-0.25, -0.2) is 0 Å². The van der Waals surface area contributed by atoms with Crippen molar-refractivity contribution >= 4 is 46.4 Å². The molecular weight excluding hydrogens is 440 g/mol. The molecule has 3 rings (SSSR count). The van der Waals surface area contributed by atoms with E-state index in [1.54, 1.807) is 17.0 Å². The van der Waals surface area contributed by atoms with Gasteiger partial charge in [0.2, 0.25) is 5.91 Å². The second-order valence-corrected chi connectivity index (χ2v) is 7.56. The molecule has 0 aliphatic carbocycles. The highest BCUT2D eigenvalue weighted by molar-refractivity contribution is 6.42. The normalized spacial score (nSPS) is 15.2. The van der Waals surface area contributed by atoms with Crippen LogP contribution in [-0.4, -0.2) is 46.8 Å². The van der Waals surface area contributed by atoms with Gasteiger partial charge in [-0.1, -0.05) is 34.8 Å². The number of amides is 1. The Morgan fingerprint density at radius 3 is 2.29 bits per heavy atom. The number of piperazine rings is 1. The summed E-state index contributed by atoms with van der Waals surface area (Å²) in [6.45, 7) is 3.10. The van der Waals surface area contributed by atoms with Crippen molar-refractivity contribution in [2.75, 3.05) is 31.1 Å². The number of benzene rings is 1. The van der Waals surface area contributed by atoms with Crippen molar-refractivity contribution in [1.82, 2.24) is 14.7 Å². The van der Waals surface area contributed by atoms with E-state index >= 15 is 0 Å². The number of halogens is 6. The third kappa shape index (κ3) is 4.34. The van der Waals surface area contributed by atoms with Crippen molar-refractivity contribution in [3.05, 3.63) is 44.7 Å². The topological polar surface area (TPSA) is 41.4 Å². The zero-order valence-corrected chi connectivity index (χ0v) is 17.0. The van der Waals surface area contributed by atoms with Crippen molar-refractivity contribution < 1.29 is 18.0 Å². The lowest BCUT2D eigenvalue weighted by Crippen LogP contribution is -2.49. The highest BCUT2D eigenvalue weighted by Gasteiger charge is 2.38. The fraction of sp³-hybridized carbons (Fsp3) is 0.412. The molecule has 0 atom stereocenters. The molecule has 1 amide bonds. The molecule has 1 aliphatic rings. The Morgan fingerprint density at radius 2 is 1.75 bits per heavy atom. The monoisotopic (exact) mass is 454 g/mol. The lowest BCUT2D eigenvalue weighted by atomic mass is 10.2. The molecule has 1 aliphatic heterocycles. The highest BCUT2D eigenvalue weighted by atomic mass is 35.5. The van der Waals surface area contributed by atoms with Crippen LogP contribution in [0.4, 0.5) is 18.9 Å². The minimum atomic E-state index is -4.67. The van der Waals surface area contributed by atoms with Gasteiger partial charge in [-0.15, -0.1) is 0 Å². The van der Waals surface area contributed by atoms with E-state index in [2.05, 4.69) is 10.00 Å². The van der Waals surface area contributed by atoms with Crippen molar-refractivity contribution in [2.24, 2.45) is 0 Å². The molecule has 1 fully saturated rings. The van der Waals surface area contributed by atoms with Crippen molar-refractivity contribution in [3.8, 4) is 0 Å². The first kappa shape index (κ1) is 21.1. The van der Waals surface area contributed by atoms with Crippen LogP contribution >= 0.6 is 34.8 Å². The maximum atomic E-state index is 12.9. The number of alkyl halides is 3. The zero-order valence-electron chi connectivity index (χ0n) is 14.7. The first-order chi connectivity index (χ1) is 13.1. The lowest BCUT2D eigenvalue weighted by Gasteiger charge is -2.36. The minimum absolute atomic E-state index is 0.108. The van der Waals surface area contributed by atoms with E-state index in [9.17, 15) is 18.0 Å². The molecule has 0 saturated carbocycles. The molecule has 0 bridgehead atoms. The quantitative estimate of drug-likeness (QED) is 0.683. The van der Waals surface area contributed by atoms with Gasteiger partial charge in [0.15, 0.2) is 5.69 Å². The molecule has 0 radical (unpaired) electrons. The van der Waals surface area contributed by atoms with E-state index in [1.807, 2.05) is 6.07 Å². The van der Waals surface area contributed by atoms with Crippen molar-refractivity contribution in [2.45, 2.75) is 19.6 Å². The van der Waals surface area contributed by atoms with Crippen LogP contribution < -0.4 is 4.90 Å². The summed E-state index contributed by atoms with van der Waals surface area (Å²) in [6.07, 6.45) is -4.67. The predicted octanol–water partition coefficient (Wildman–Crippen LogP) is 4.52. The average Bonchev–Trinajstić information content (AvgIpc) is 2.92. The van der Waals surface area contributed by atoms with Gasteiger partial charge in [0.05, 0.1) is 20.8 Å². The van der Waals surface area contributed by atoms with E-state index in [4.69, 9.17) is 34.8 Å². The van der Waals surface area contributed by atoms with Crippen LogP contribution in [0.3, 0.4) is 0 Å².